The van der Waals surface area contributed by atoms with Crippen LogP contribution >= 0.6 is 0 Å². The number of likely N-dealkylation sites (tertiary alicyclic amines) is 1. The molecule has 2 rings (SSSR count). The van der Waals surface area contributed by atoms with Crippen molar-refractivity contribution >= 4 is 11.8 Å². The Morgan fingerprint density at radius 3 is 2.17 bits per heavy atom. The number of carbonyl (C=O) groups excluding carboxylic acids is 2. The molecule has 0 bridgehead atoms. The first kappa shape index (κ1) is 17.3. The summed E-state index contributed by atoms with van der Waals surface area (Å²) in [5, 5.41) is 0. The van der Waals surface area contributed by atoms with Crippen LogP contribution in [0.15, 0.2) is 24.3 Å². The van der Waals surface area contributed by atoms with E-state index in [2.05, 4.69) is 0 Å². The number of nitrogens with zero attached hydrogens (tertiary/aromatic N) is 2. The minimum Gasteiger partial charge on any atom is -0.497 e. The Balaban J connectivity index is 1.93. The highest BCUT2D eigenvalue weighted by atomic mass is 16.5. The van der Waals surface area contributed by atoms with Crippen LogP contribution in [-0.2, 0) is 0 Å². The molecule has 23 heavy (non-hydrogen) atoms. The Bertz CT molecular complexity index is 530. The molecule has 1 aromatic rings. The van der Waals surface area contributed by atoms with Gasteiger partial charge in [0, 0.05) is 37.7 Å². The summed E-state index contributed by atoms with van der Waals surface area (Å²) in [5.41, 5.74) is 0.722. The zero-order valence-electron chi connectivity index (χ0n) is 14.2. The normalized spacial score (nSPS) is 15.3. The molecule has 0 spiro atoms. The van der Waals surface area contributed by atoms with Crippen LogP contribution in [0, 0.1) is 5.92 Å². The fraction of sp³-hybridized carbons (Fsp3) is 0.556. The van der Waals surface area contributed by atoms with Crippen LogP contribution in [0.5, 0.6) is 5.75 Å². The van der Waals surface area contributed by atoms with Gasteiger partial charge in [-0.2, -0.15) is 0 Å². The lowest BCUT2D eigenvalue weighted by atomic mass is 9.89. The summed E-state index contributed by atoms with van der Waals surface area (Å²) in [7, 11) is 1.61. The van der Waals surface area contributed by atoms with Gasteiger partial charge in [-0.15, -0.1) is 0 Å². The maximum Gasteiger partial charge on any atom is 0.319 e. The average Bonchev–Trinajstić information content (AvgIpc) is 2.62. The SMILES string of the molecule is CCN(CC)C(=O)N1CCC(C(=O)c2ccc(OC)cc2)CC1. The zero-order valence-corrected chi connectivity index (χ0v) is 14.2. The van der Waals surface area contributed by atoms with Gasteiger partial charge < -0.3 is 14.5 Å². The first-order chi connectivity index (χ1) is 11.1. The first-order valence-electron chi connectivity index (χ1n) is 8.32. The average molecular weight is 318 g/mol. The smallest absolute Gasteiger partial charge is 0.319 e. The van der Waals surface area contributed by atoms with E-state index in [4.69, 9.17) is 4.74 Å². The maximum atomic E-state index is 12.6. The van der Waals surface area contributed by atoms with Gasteiger partial charge in [-0.1, -0.05) is 0 Å². The van der Waals surface area contributed by atoms with Crippen LogP contribution < -0.4 is 4.74 Å². The van der Waals surface area contributed by atoms with Gasteiger partial charge >= 0.3 is 6.03 Å². The predicted molar refractivity (Wildman–Crippen MR) is 89.9 cm³/mol. The van der Waals surface area contributed by atoms with E-state index < -0.39 is 0 Å². The number of hydrogen-bond donors (Lipinski definition) is 0. The van der Waals surface area contributed by atoms with Crippen molar-refractivity contribution in [2.45, 2.75) is 26.7 Å². The van der Waals surface area contributed by atoms with Gasteiger partial charge in [0.15, 0.2) is 5.78 Å². The number of amides is 2. The molecule has 126 valence electrons. The van der Waals surface area contributed by atoms with Gasteiger partial charge in [-0.25, -0.2) is 4.79 Å². The summed E-state index contributed by atoms with van der Waals surface area (Å²) in [6.07, 6.45) is 1.47. The van der Waals surface area contributed by atoms with Crippen molar-refractivity contribution in [3.63, 3.8) is 0 Å². The van der Waals surface area contributed by atoms with Crippen molar-refractivity contribution in [3.05, 3.63) is 29.8 Å². The van der Waals surface area contributed by atoms with Gasteiger partial charge in [0.05, 0.1) is 7.11 Å². The lowest BCUT2D eigenvalue weighted by Gasteiger charge is -2.34. The van der Waals surface area contributed by atoms with Gasteiger partial charge in [-0.05, 0) is 51.0 Å². The Hall–Kier alpha value is -2.04. The quantitative estimate of drug-likeness (QED) is 0.784. The minimum absolute atomic E-state index is 0.00384. The molecule has 0 N–H and O–H groups in total. The maximum absolute atomic E-state index is 12.6. The largest absolute Gasteiger partial charge is 0.497 e. The molecule has 1 saturated heterocycles. The molecular formula is C18H26N2O3. The summed E-state index contributed by atoms with van der Waals surface area (Å²) in [6, 6.07) is 7.34. The van der Waals surface area contributed by atoms with Crippen molar-refractivity contribution in [1.82, 2.24) is 9.80 Å². The first-order valence-corrected chi connectivity index (χ1v) is 8.32. The molecule has 0 atom stereocenters. The number of carbonyl (C=O) groups is 2. The number of ether oxygens (including phenoxy) is 1. The molecule has 5 nitrogen and oxygen atoms in total. The second-order valence-electron chi connectivity index (χ2n) is 5.81. The molecule has 1 aromatic carbocycles. The second-order valence-corrected chi connectivity index (χ2v) is 5.81. The van der Waals surface area contributed by atoms with Crippen LogP contribution in [0.3, 0.4) is 0 Å². The summed E-state index contributed by atoms with van der Waals surface area (Å²) in [6.45, 7) is 6.73. The molecule has 0 radical (unpaired) electrons. The molecule has 2 amide bonds. The number of hydrogen-bond acceptors (Lipinski definition) is 3. The van der Waals surface area contributed by atoms with E-state index in [9.17, 15) is 9.59 Å². The second kappa shape index (κ2) is 7.99. The van der Waals surface area contributed by atoms with Crippen molar-refractivity contribution in [2.75, 3.05) is 33.3 Å². The molecule has 1 aliphatic heterocycles. The summed E-state index contributed by atoms with van der Waals surface area (Å²) < 4.78 is 5.12. The van der Waals surface area contributed by atoms with E-state index in [1.54, 1.807) is 7.11 Å². The fourth-order valence-corrected chi connectivity index (χ4v) is 3.02. The number of rotatable bonds is 5. The van der Waals surface area contributed by atoms with Gasteiger partial charge in [0.2, 0.25) is 0 Å². The lowest BCUT2D eigenvalue weighted by Crippen LogP contribution is -2.47. The van der Waals surface area contributed by atoms with Crippen molar-refractivity contribution in [2.24, 2.45) is 5.92 Å². The molecule has 0 saturated carbocycles. The minimum atomic E-state index is 0.00384. The van der Waals surface area contributed by atoms with Gasteiger partial charge in [0.1, 0.15) is 5.75 Å². The Morgan fingerprint density at radius 2 is 1.70 bits per heavy atom. The Labute approximate surface area is 138 Å². The van der Waals surface area contributed by atoms with Crippen LogP contribution in [0.2, 0.25) is 0 Å². The van der Waals surface area contributed by atoms with E-state index in [0.717, 1.165) is 37.2 Å². The number of urea groups is 1. The van der Waals surface area contributed by atoms with Gasteiger partial charge in [-0.3, -0.25) is 4.79 Å². The molecule has 0 unspecified atom stereocenters. The third-order valence-corrected chi connectivity index (χ3v) is 4.54. The van der Waals surface area contributed by atoms with E-state index in [1.165, 1.54) is 0 Å². The molecule has 1 aliphatic rings. The fourth-order valence-electron chi connectivity index (χ4n) is 3.02. The number of Topliss-reactive ketones (excluding diaryl/α,β-unsaturated/α-hetero) is 1. The third kappa shape index (κ3) is 4.03. The van der Waals surface area contributed by atoms with E-state index in [0.29, 0.717) is 13.1 Å². The Morgan fingerprint density at radius 1 is 1.13 bits per heavy atom. The molecule has 0 aromatic heterocycles. The number of benzene rings is 1. The number of ketones is 1. The topological polar surface area (TPSA) is 49.9 Å². The Kier molecular flexibility index (Phi) is 6.02. The lowest BCUT2D eigenvalue weighted by molar-refractivity contribution is 0.0836. The van der Waals surface area contributed by atoms with Crippen molar-refractivity contribution in [1.29, 1.82) is 0 Å². The third-order valence-electron chi connectivity index (χ3n) is 4.54. The highest BCUT2D eigenvalue weighted by molar-refractivity contribution is 5.98. The summed E-state index contributed by atoms with van der Waals surface area (Å²) in [4.78, 5) is 28.6. The molecular weight excluding hydrogens is 292 g/mol. The predicted octanol–water partition coefficient (Wildman–Crippen LogP) is 3.05. The standard InChI is InChI=1S/C18H26N2O3/c1-4-19(5-2)18(22)20-12-10-15(11-13-20)17(21)14-6-8-16(23-3)9-7-14/h6-9,15H,4-5,10-13H2,1-3H3. The number of methoxy groups -OCH3 is 1. The molecule has 1 heterocycles. The number of piperidine rings is 1. The van der Waals surface area contributed by atoms with Crippen LogP contribution in [0.4, 0.5) is 4.79 Å². The summed E-state index contributed by atoms with van der Waals surface area (Å²) >= 11 is 0. The van der Waals surface area contributed by atoms with E-state index in [-0.39, 0.29) is 17.7 Å². The molecule has 0 aliphatic carbocycles. The van der Waals surface area contributed by atoms with Crippen molar-refractivity contribution < 1.29 is 14.3 Å². The highest BCUT2D eigenvalue weighted by Gasteiger charge is 2.29. The monoisotopic (exact) mass is 318 g/mol. The van der Waals surface area contributed by atoms with Crippen LogP contribution in [-0.4, -0.2) is 54.9 Å². The van der Waals surface area contributed by atoms with E-state index in [1.807, 2.05) is 47.9 Å². The molecule has 5 heteroatoms. The molecule has 1 fully saturated rings. The van der Waals surface area contributed by atoms with Crippen molar-refractivity contribution in [3.8, 4) is 5.75 Å². The zero-order chi connectivity index (χ0) is 16.8. The van der Waals surface area contributed by atoms with Crippen LogP contribution in [0.25, 0.3) is 0 Å². The van der Waals surface area contributed by atoms with E-state index >= 15 is 0 Å². The summed E-state index contributed by atoms with van der Waals surface area (Å²) in [5.74, 6) is 0.924. The van der Waals surface area contributed by atoms with Crippen LogP contribution in [0.1, 0.15) is 37.0 Å². The highest BCUT2D eigenvalue weighted by Crippen LogP contribution is 2.23. The van der Waals surface area contributed by atoms with Gasteiger partial charge in [0.25, 0.3) is 0 Å².